The SMILES string of the molecule is O=C(CCCSc1nnc2c3cc(F)ccc3n(Cc3ccc(F)cc3)c2n1)N1CCCC1. The minimum Gasteiger partial charge on any atom is -0.343 e. The Morgan fingerprint density at radius 3 is 2.55 bits per heavy atom. The molecule has 1 saturated heterocycles. The Balaban J connectivity index is 1.38. The Morgan fingerprint density at radius 2 is 1.76 bits per heavy atom. The van der Waals surface area contributed by atoms with Gasteiger partial charge in [-0.15, -0.1) is 10.2 Å². The summed E-state index contributed by atoms with van der Waals surface area (Å²) in [5.74, 6) is 0.267. The molecule has 1 amide bonds. The molecule has 1 aliphatic heterocycles. The highest BCUT2D eigenvalue weighted by molar-refractivity contribution is 7.99. The molecule has 0 atom stereocenters. The Bertz CT molecular complexity index is 1300. The van der Waals surface area contributed by atoms with Crippen molar-refractivity contribution in [2.24, 2.45) is 0 Å². The van der Waals surface area contributed by atoms with Gasteiger partial charge in [0.25, 0.3) is 0 Å². The minimum absolute atomic E-state index is 0.212. The predicted molar refractivity (Wildman–Crippen MR) is 124 cm³/mol. The van der Waals surface area contributed by atoms with Crippen LogP contribution in [0.15, 0.2) is 47.6 Å². The second kappa shape index (κ2) is 9.43. The number of aromatic nitrogens is 4. The van der Waals surface area contributed by atoms with E-state index < -0.39 is 0 Å². The lowest BCUT2D eigenvalue weighted by Crippen LogP contribution is -2.27. The van der Waals surface area contributed by atoms with Gasteiger partial charge in [0.15, 0.2) is 5.65 Å². The van der Waals surface area contributed by atoms with Crippen LogP contribution in [0.3, 0.4) is 0 Å². The summed E-state index contributed by atoms with van der Waals surface area (Å²) in [5, 5.41) is 9.73. The molecule has 0 N–H and O–H groups in total. The number of carbonyl (C=O) groups excluding carboxylic acids is 1. The minimum atomic E-state index is -0.355. The van der Waals surface area contributed by atoms with E-state index in [0.717, 1.165) is 43.4 Å². The van der Waals surface area contributed by atoms with Crippen LogP contribution in [0.2, 0.25) is 0 Å². The van der Waals surface area contributed by atoms with Crippen molar-refractivity contribution in [3.8, 4) is 0 Å². The van der Waals surface area contributed by atoms with Crippen molar-refractivity contribution in [1.82, 2.24) is 24.6 Å². The summed E-state index contributed by atoms with van der Waals surface area (Å²) in [4.78, 5) is 18.9. The largest absolute Gasteiger partial charge is 0.343 e. The van der Waals surface area contributed by atoms with E-state index in [0.29, 0.717) is 40.4 Å². The fourth-order valence-corrected chi connectivity index (χ4v) is 4.94. The molecule has 0 radical (unpaired) electrons. The number of fused-ring (bicyclic) bond motifs is 3. The summed E-state index contributed by atoms with van der Waals surface area (Å²) in [7, 11) is 0. The number of nitrogens with zero attached hydrogens (tertiary/aromatic N) is 5. The zero-order valence-electron chi connectivity index (χ0n) is 18.0. The average molecular weight is 468 g/mol. The molecule has 0 aliphatic carbocycles. The van der Waals surface area contributed by atoms with Crippen LogP contribution in [0, 0.1) is 11.6 Å². The molecule has 0 saturated carbocycles. The third-order valence-corrected chi connectivity index (χ3v) is 6.81. The maximum atomic E-state index is 14.0. The molecule has 0 spiro atoms. The fraction of sp³-hybridized carbons (Fsp3) is 0.333. The molecular formula is C24H23F2N5OS. The van der Waals surface area contributed by atoms with Gasteiger partial charge >= 0.3 is 0 Å². The van der Waals surface area contributed by atoms with Crippen molar-refractivity contribution < 1.29 is 13.6 Å². The third-order valence-electron chi connectivity index (χ3n) is 5.89. The molecule has 3 heterocycles. The zero-order chi connectivity index (χ0) is 22.8. The summed E-state index contributed by atoms with van der Waals surface area (Å²) < 4.78 is 29.3. The van der Waals surface area contributed by atoms with E-state index in [1.54, 1.807) is 18.2 Å². The van der Waals surface area contributed by atoms with Crippen LogP contribution in [0.5, 0.6) is 0 Å². The summed E-state index contributed by atoms with van der Waals surface area (Å²) in [6.07, 6.45) is 3.45. The number of hydrogen-bond acceptors (Lipinski definition) is 5. The fourth-order valence-electron chi connectivity index (χ4n) is 4.22. The summed E-state index contributed by atoms with van der Waals surface area (Å²) >= 11 is 1.46. The lowest BCUT2D eigenvalue weighted by Gasteiger charge is -2.14. The Hall–Kier alpha value is -3.07. The van der Waals surface area contributed by atoms with Gasteiger partial charge in [0.1, 0.15) is 17.2 Å². The number of halogens is 2. The Labute approximate surface area is 194 Å². The monoisotopic (exact) mass is 467 g/mol. The molecule has 6 nitrogen and oxygen atoms in total. The molecule has 5 rings (SSSR count). The molecule has 9 heteroatoms. The highest BCUT2D eigenvalue weighted by Gasteiger charge is 2.18. The van der Waals surface area contributed by atoms with E-state index in [9.17, 15) is 13.6 Å². The number of likely N-dealkylation sites (tertiary alicyclic amines) is 1. The first-order chi connectivity index (χ1) is 16.1. The van der Waals surface area contributed by atoms with E-state index in [4.69, 9.17) is 4.98 Å². The van der Waals surface area contributed by atoms with Crippen LogP contribution in [0.25, 0.3) is 22.1 Å². The number of rotatable bonds is 7. The predicted octanol–water partition coefficient (Wildman–Crippen LogP) is 4.80. The maximum absolute atomic E-state index is 14.0. The van der Waals surface area contributed by atoms with Crippen molar-refractivity contribution >= 4 is 39.7 Å². The van der Waals surface area contributed by atoms with E-state index in [1.165, 1.54) is 36.0 Å². The summed E-state index contributed by atoms with van der Waals surface area (Å²) in [5.41, 5.74) is 2.81. The van der Waals surface area contributed by atoms with Gasteiger partial charge in [-0.2, -0.15) is 0 Å². The molecule has 33 heavy (non-hydrogen) atoms. The third kappa shape index (κ3) is 4.68. The van der Waals surface area contributed by atoms with Gasteiger partial charge in [0.05, 0.1) is 5.52 Å². The van der Waals surface area contributed by atoms with Gasteiger partial charge in [-0.3, -0.25) is 4.79 Å². The second-order valence-corrected chi connectivity index (χ2v) is 9.24. The van der Waals surface area contributed by atoms with Gasteiger partial charge < -0.3 is 9.47 Å². The molecule has 170 valence electrons. The second-order valence-electron chi connectivity index (χ2n) is 8.18. The quantitative estimate of drug-likeness (QED) is 0.289. The summed E-state index contributed by atoms with van der Waals surface area (Å²) in [6.45, 7) is 2.18. The molecule has 2 aromatic heterocycles. The Morgan fingerprint density at radius 1 is 1.00 bits per heavy atom. The van der Waals surface area contributed by atoms with Crippen molar-refractivity contribution in [3.63, 3.8) is 0 Å². The first-order valence-electron chi connectivity index (χ1n) is 11.1. The van der Waals surface area contributed by atoms with Gasteiger partial charge in [-0.25, -0.2) is 13.8 Å². The topological polar surface area (TPSA) is 63.9 Å². The molecular weight excluding hydrogens is 444 g/mol. The van der Waals surface area contributed by atoms with Gasteiger partial charge in [-0.1, -0.05) is 23.9 Å². The maximum Gasteiger partial charge on any atom is 0.222 e. The van der Waals surface area contributed by atoms with E-state index in [-0.39, 0.29) is 17.5 Å². The molecule has 0 unspecified atom stereocenters. The van der Waals surface area contributed by atoms with Crippen LogP contribution in [-0.4, -0.2) is 49.4 Å². The summed E-state index contributed by atoms with van der Waals surface area (Å²) in [6, 6.07) is 10.8. The van der Waals surface area contributed by atoms with Crippen LogP contribution < -0.4 is 0 Å². The standard InChI is InChI=1S/C24H23F2N5OS/c25-17-7-5-16(6-8-17)15-31-20-10-9-18(26)14-19(20)22-23(31)27-24(29-28-22)33-13-3-4-21(32)30-11-1-2-12-30/h5-10,14H,1-4,11-13,15H2. The number of thioether (sulfide) groups is 1. The van der Waals surface area contributed by atoms with Crippen LogP contribution in [0.1, 0.15) is 31.2 Å². The lowest BCUT2D eigenvalue weighted by molar-refractivity contribution is -0.130. The van der Waals surface area contributed by atoms with Crippen LogP contribution in [-0.2, 0) is 11.3 Å². The van der Waals surface area contributed by atoms with Crippen LogP contribution in [0.4, 0.5) is 8.78 Å². The van der Waals surface area contributed by atoms with Crippen molar-refractivity contribution in [2.45, 2.75) is 37.4 Å². The number of benzene rings is 2. The zero-order valence-corrected chi connectivity index (χ0v) is 18.8. The highest BCUT2D eigenvalue weighted by Crippen LogP contribution is 2.29. The normalized spacial score (nSPS) is 13.9. The van der Waals surface area contributed by atoms with E-state index >= 15 is 0 Å². The number of hydrogen-bond donors (Lipinski definition) is 0. The molecule has 1 fully saturated rings. The van der Waals surface area contributed by atoms with Crippen molar-refractivity contribution in [3.05, 3.63) is 59.7 Å². The highest BCUT2D eigenvalue weighted by atomic mass is 32.2. The average Bonchev–Trinajstić information content (AvgIpc) is 3.45. The van der Waals surface area contributed by atoms with E-state index in [2.05, 4.69) is 10.2 Å². The van der Waals surface area contributed by atoms with Gasteiger partial charge in [0.2, 0.25) is 11.1 Å². The smallest absolute Gasteiger partial charge is 0.222 e. The van der Waals surface area contributed by atoms with Crippen molar-refractivity contribution in [1.29, 1.82) is 0 Å². The van der Waals surface area contributed by atoms with Crippen LogP contribution >= 0.6 is 11.8 Å². The molecule has 2 aromatic carbocycles. The lowest BCUT2D eigenvalue weighted by atomic mass is 10.2. The van der Waals surface area contributed by atoms with Gasteiger partial charge in [0, 0.05) is 37.2 Å². The molecule has 0 bridgehead atoms. The molecule has 4 aromatic rings. The number of carbonyl (C=O) groups is 1. The molecule has 1 aliphatic rings. The Kier molecular flexibility index (Phi) is 6.22. The van der Waals surface area contributed by atoms with Crippen molar-refractivity contribution in [2.75, 3.05) is 18.8 Å². The number of amides is 1. The van der Waals surface area contributed by atoms with E-state index in [1.807, 2.05) is 9.47 Å². The first kappa shape index (κ1) is 21.8. The van der Waals surface area contributed by atoms with Gasteiger partial charge in [-0.05, 0) is 55.2 Å². The first-order valence-corrected chi connectivity index (χ1v) is 12.0.